The predicted molar refractivity (Wildman–Crippen MR) is 72.7 cm³/mol. The molecule has 5 nitrogen and oxygen atoms in total. The van der Waals surface area contributed by atoms with E-state index in [1.165, 1.54) is 0 Å². The van der Waals surface area contributed by atoms with Crippen molar-refractivity contribution in [1.82, 2.24) is 5.06 Å². The molecule has 0 aromatic heterocycles. The fraction of sp³-hybridized carbons (Fsp3) is 0.467. The van der Waals surface area contributed by atoms with Crippen molar-refractivity contribution in [2.24, 2.45) is 0 Å². The van der Waals surface area contributed by atoms with Crippen molar-refractivity contribution in [2.75, 3.05) is 0 Å². The van der Waals surface area contributed by atoms with Crippen LogP contribution in [-0.4, -0.2) is 33.8 Å². The molecule has 0 radical (unpaired) electrons. The van der Waals surface area contributed by atoms with Crippen molar-refractivity contribution >= 4 is 11.9 Å². The van der Waals surface area contributed by atoms with E-state index in [4.69, 9.17) is 4.74 Å². The number of carbonyl (C=O) groups is 2. The third-order valence-electron chi connectivity index (χ3n) is 3.15. The third kappa shape index (κ3) is 2.99. The van der Waals surface area contributed by atoms with Crippen molar-refractivity contribution < 1.29 is 19.5 Å². The summed E-state index contributed by atoms with van der Waals surface area (Å²) in [5.74, 6) is -0.250. The van der Waals surface area contributed by atoms with E-state index in [1.807, 2.05) is 12.1 Å². The summed E-state index contributed by atoms with van der Waals surface area (Å²) in [6.07, 6.45) is 0.146. The summed E-state index contributed by atoms with van der Waals surface area (Å²) in [4.78, 5) is 24.1. The number of hydrogen-bond donors (Lipinski definition) is 1. The highest BCUT2D eigenvalue weighted by atomic mass is 16.6. The highest BCUT2D eigenvalue weighted by Crippen LogP contribution is 2.24. The van der Waals surface area contributed by atoms with Crippen LogP contribution in [0, 0.1) is 0 Å². The molecular weight excluding hydrogens is 258 g/mol. The van der Waals surface area contributed by atoms with Gasteiger partial charge in [0.25, 0.3) is 0 Å². The molecule has 1 aromatic rings. The van der Waals surface area contributed by atoms with E-state index in [-0.39, 0.29) is 5.78 Å². The van der Waals surface area contributed by atoms with Gasteiger partial charge in [0, 0.05) is 5.56 Å². The van der Waals surface area contributed by atoms with Crippen molar-refractivity contribution in [1.29, 1.82) is 0 Å². The van der Waals surface area contributed by atoms with Crippen LogP contribution in [0.4, 0.5) is 4.79 Å². The third-order valence-corrected chi connectivity index (χ3v) is 3.15. The van der Waals surface area contributed by atoms with Crippen molar-refractivity contribution in [3.8, 4) is 0 Å². The van der Waals surface area contributed by atoms with E-state index < -0.39 is 17.7 Å². The molecule has 1 atom stereocenters. The van der Waals surface area contributed by atoms with Crippen LogP contribution in [0.2, 0.25) is 0 Å². The average molecular weight is 277 g/mol. The zero-order valence-corrected chi connectivity index (χ0v) is 11.9. The van der Waals surface area contributed by atoms with Crippen molar-refractivity contribution in [3.05, 3.63) is 35.4 Å². The van der Waals surface area contributed by atoms with Gasteiger partial charge in [-0.1, -0.05) is 24.3 Å². The van der Waals surface area contributed by atoms with Gasteiger partial charge in [0.05, 0.1) is 0 Å². The quantitative estimate of drug-likeness (QED) is 0.633. The topological polar surface area (TPSA) is 66.8 Å². The van der Waals surface area contributed by atoms with Crippen LogP contribution in [0.5, 0.6) is 0 Å². The van der Waals surface area contributed by atoms with Gasteiger partial charge in [-0.15, -0.1) is 0 Å². The zero-order chi connectivity index (χ0) is 14.9. The largest absolute Gasteiger partial charge is 0.442 e. The first kappa shape index (κ1) is 14.5. The van der Waals surface area contributed by atoms with Gasteiger partial charge in [0.15, 0.2) is 5.78 Å². The monoisotopic (exact) mass is 277 g/mol. The number of ether oxygens (including phenoxy) is 1. The minimum Gasteiger partial charge on any atom is -0.442 e. The lowest BCUT2D eigenvalue weighted by Gasteiger charge is -2.30. The van der Waals surface area contributed by atoms with Crippen molar-refractivity contribution in [3.63, 3.8) is 0 Å². The summed E-state index contributed by atoms with van der Waals surface area (Å²) in [5, 5.41) is 10.4. The Hall–Kier alpha value is -1.88. The molecule has 1 aromatic carbocycles. The van der Waals surface area contributed by atoms with E-state index in [9.17, 15) is 14.8 Å². The van der Waals surface area contributed by atoms with Gasteiger partial charge in [0.1, 0.15) is 11.6 Å². The molecule has 0 fully saturated rings. The van der Waals surface area contributed by atoms with Crippen LogP contribution >= 0.6 is 0 Å². The number of Topliss-reactive ketones (excluding diaryl/α,β-unsaturated/α-hetero) is 1. The lowest BCUT2D eigenvalue weighted by atomic mass is 9.87. The van der Waals surface area contributed by atoms with Crippen LogP contribution in [0.3, 0.4) is 0 Å². The van der Waals surface area contributed by atoms with Gasteiger partial charge in [-0.25, -0.2) is 4.79 Å². The fourth-order valence-electron chi connectivity index (χ4n) is 2.25. The van der Waals surface area contributed by atoms with Crippen LogP contribution in [0.15, 0.2) is 24.3 Å². The summed E-state index contributed by atoms with van der Waals surface area (Å²) in [5.41, 5.74) is 0.797. The minimum atomic E-state index is -0.893. The maximum Gasteiger partial charge on any atom is 0.434 e. The van der Waals surface area contributed by atoms with Crippen LogP contribution in [-0.2, 0) is 11.2 Å². The van der Waals surface area contributed by atoms with Gasteiger partial charge in [-0.2, -0.15) is 5.06 Å². The highest BCUT2D eigenvalue weighted by molar-refractivity contribution is 6.03. The van der Waals surface area contributed by atoms with Crippen LogP contribution in [0.25, 0.3) is 0 Å². The lowest BCUT2D eigenvalue weighted by molar-refractivity contribution is -0.112. The standard InChI is InChI=1S/C15H19NO4/c1-15(2,3)20-14(18)16(19)12-9-8-10-6-4-5-7-11(10)13(12)17/h4-7,12,19H,8-9H2,1-3H3/t12-/m0/s1. The normalized spacial score (nSPS) is 18.4. The summed E-state index contributed by atoms with van der Waals surface area (Å²) >= 11 is 0. The van der Waals surface area contributed by atoms with E-state index >= 15 is 0 Å². The number of ketones is 1. The molecule has 1 aliphatic carbocycles. The van der Waals surface area contributed by atoms with E-state index in [1.54, 1.807) is 32.9 Å². The summed E-state index contributed by atoms with van der Waals surface area (Å²) in [6.45, 7) is 5.12. The molecule has 1 aliphatic rings. The molecular formula is C15H19NO4. The Kier molecular flexibility index (Phi) is 3.81. The van der Waals surface area contributed by atoms with E-state index in [0.29, 0.717) is 23.5 Å². The minimum absolute atomic E-state index is 0.250. The molecule has 0 aliphatic heterocycles. The molecule has 1 amide bonds. The summed E-state index contributed by atoms with van der Waals surface area (Å²) in [7, 11) is 0. The number of rotatable bonds is 1. The smallest absolute Gasteiger partial charge is 0.434 e. The zero-order valence-electron chi connectivity index (χ0n) is 11.9. The first-order valence-electron chi connectivity index (χ1n) is 6.63. The summed E-state index contributed by atoms with van der Waals surface area (Å²) < 4.78 is 5.07. The molecule has 0 spiro atoms. The Morgan fingerprint density at radius 2 is 2.00 bits per heavy atom. The van der Waals surface area contributed by atoms with Gasteiger partial charge in [-0.05, 0) is 39.2 Å². The first-order valence-corrected chi connectivity index (χ1v) is 6.63. The van der Waals surface area contributed by atoms with E-state index in [0.717, 1.165) is 5.56 Å². The van der Waals surface area contributed by atoms with Gasteiger partial charge >= 0.3 is 6.09 Å². The number of hydrogen-bond acceptors (Lipinski definition) is 4. The number of carbonyl (C=O) groups excluding carboxylic acids is 2. The number of benzene rings is 1. The first-order chi connectivity index (χ1) is 9.29. The maximum absolute atomic E-state index is 12.3. The molecule has 0 saturated carbocycles. The second-order valence-corrected chi connectivity index (χ2v) is 5.90. The molecule has 108 valence electrons. The number of fused-ring (bicyclic) bond motifs is 1. The Balaban J connectivity index is 2.15. The lowest BCUT2D eigenvalue weighted by Crippen LogP contribution is -2.47. The molecule has 2 rings (SSSR count). The molecule has 0 bridgehead atoms. The fourth-order valence-corrected chi connectivity index (χ4v) is 2.25. The number of aryl methyl sites for hydroxylation is 1. The number of amides is 1. The molecule has 20 heavy (non-hydrogen) atoms. The Bertz CT molecular complexity index is 533. The van der Waals surface area contributed by atoms with Gasteiger partial charge in [0.2, 0.25) is 0 Å². The molecule has 1 N–H and O–H groups in total. The number of nitrogens with zero attached hydrogens (tertiary/aromatic N) is 1. The van der Waals surface area contributed by atoms with Crippen molar-refractivity contribution in [2.45, 2.75) is 45.3 Å². The molecule has 5 heteroatoms. The Morgan fingerprint density at radius 3 is 2.65 bits per heavy atom. The molecule has 0 heterocycles. The molecule has 0 saturated heterocycles. The maximum atomic E-state index is 12.3. The second kappa shape index (κ2) is 5.25. The predicted octanol–water partition coefficient (Wildman–Crippen LogP) is 2.81. The van der Waals surface area contributed by atoms with E-state index in [2.05, 4.69) is 0 Å². The Morgan fingerprint density at radius 1 is 1.35 bits per heavy atom. The van der Waals surface area contributed by atoms with Gasteiger partial charge in [-0.3, -0.25) is 10.0 Å². The number of hydroxylamine groups is 2. The Labute approximate surface area is 118 Å². The summed E-state index contributed by atoms with van der Waals surface area (Å²) in [6, 6.07) is 6.37. The van der Waals surface area contributed by atoms with Crippen LogP contribution in [0.1, 0.15) is 43.1 Å². The second-order valence-electron chi connectivity index (χ2n) is 5.90. The van der Waals surface area contributed by atoms with Crippen LogP contribution < -0.4 is 0 Å². The van der Waals surface area contributed by atoms with Gasteiger partial charge < -0.3 is 4.74 Å². The highest BCUT2D eigenvalue weighted by Gasteiger charge is 2.36. The average Bonchev–Trinajstić information content (AvgIpc) is 2.37. The SMILES string of the molecule is CC(C)(C)OC(=O)N(O)[C@H]1CCc2ccccc2C1=O. The molecule has 0 unspecified atom stereocenters.